The van der Waals surface area contributed by atoms with E-state index in [1.807, 2.05) is 43.0 Å². The quantitative estimate of drug-likeness (QED) is 0.506. The molecule has 8 nitrogen and oxygen atoms in total. The number of imidazole rings is 1. The molecule has 0 bridgehead atoms. The Morgan fingerprint density at radius 3 is 2.78 bits per heavy atom. The van der Waals surface area contributed by atoms with Crippen LogP contribution in [0, 0.1) is 13.8 Å². The fourth-order valence-corrected chi connectivity index (χ4v) is 3.26. The minimum absolute atomic E-state index is 0.722. The Morgan fingerprint density at radius 1 is 1.19 bits per heavy atom. The first-order valence-corrected chi connectivity index (χ1v) is 9.18. The van der Waals surface area contributed by atoms with Crippen LogP contribution in [0.15, 0.2) is 35.4 Å². The predicted octanol–water partition coefficient (Wildman–Crippen LogP) is 3.26. The van der Waals surface area contributed by atoms with Crippen molar-refractivity contribution in [1.29, 1.82) is 0 Å². The second-order valence-electron chi connectivity index (χ2n) is 6.58. The zero-order chi connectivity index (χ0) is 18.8. The van der Waals surface area contributed by atoms with E-state index in [1.54, 1.807) is 6.20 Å². The molecule has 0 aliphatic rings. The normalized spacial score (nSPS) is 11.4. The van der Waals surface area contributed by atoms with Gasteiger partial charge < -0.3 is 14.4 Å². The van der Waals surface area contributed by atoms with Crippen molar-refractivity contribution in [2.75, 3.05) is 11.9 Å². The Bertz CT molecular complexity index is 1050. The van der Waals surface area contributed by atoms with Crippen molar-refractivity contribution < 1.29 is 4.52 Å². The van der Waals surface area contributed by atoms with Crippen LogP contribution in [0.25, 0.3) is 17.0 Å². The Hall–Kier alpha value is -3.16. The van der Waals surface area contributed by atoms with E-state index in [2.05, 4.69) is 26.9 Å². The monoisotopic (exact) mass is 365 g/mol. The Morgan fingerprint density at radius 2 is 2.07 bits per heavy atom. The van der Waals surface area contributed by atoms with Gasteiger partial charge in [-0.05, 0) is 26.7 Å². The predicted molar refractivity (Wildman–Crippen MR) is 103 cm³/mol. The van der Waals surface area contributed by atoms with Gasteiger partial charge >= 0.3 is 0 Å². The molecule has 8 heteroatoms. The Kier molecular flexibility index (Phi) is 4.62. The average molecular weight is 365 g/mol. The first-order chi connectivity index (χ1) is 13.2. The summed E-state index contributed by atoms with van der Waals surface area (Å²) < 4.78 is 9.14. The van der Waals surface area contributed by atoms with E-state index in [1.165, 1.54) is 5.56 Å². The summed E-state index contributed by atoms with van der Waals surface area (Å²) in [7, 11) is 0. The second-order valence-corrected chi connectivity index (χ2v) is 6.58. The van der Waals surface area contributed by atoms with Crippen LogP contribution in [0.1, 0.15) is 30.4 Å². The highest BCUT2D eigenvalue weighted by molar-refractivity contribution is 5.64. The third kappa shape index (κ3) is 3.42. The van der Waals surface area contributed by atoms with Gasteiger partial charge in [-0.1, -0.05) is 12.1 Å². The number of fused-ring (bicyclic) bond motifs is 1. The number of hydrogen-bond donors (Lipinski definition) is 1. The summed E-state index contributed by atoms with van der Waals surface area (Å²) in [5.41, 5.74) is 4.48. The lowest BCUT2D eigenvalue weighted by molar-refractivity contribution is 0.399. The number of hydrogen-bond acceptors (Lipinski definition) is 6. The Labute approximate surface area is 157 Å². The van der Waals surface area contributed by atoms with Crippen molar-refractivity contribution in [1.82, 2.24) is 29.3 Å². The molecular formula is C19H23N7O. The van der Waals surface area contributed by atoms with Crippen molar-refractivity contribution in [2.24, 2.45) is 0 Å². The molecule has 0 saturated carbocycles. The molecule has 4 heterocycles. The van der Waals surface area contributed by atoms with Gasteiger partial charge in [-0.3, -0.25) is 0 Å². The van der Waals surface area contributed by atoms with Crippen molar-refractivity contribution in [3.05, 3.63) is 47.9 Å². The van der Waals surface area contributed by atoms with E-state index < -0.39 is 0 Å². The van der Waals surface area contributed by atoms with E-state index >= 15 is 0 Å². The van der Waals surface area contributed by atoms with Gasteiger partial charge in [-0.25, -0.2) is 9.97 Å². The zero-order valence-electron chi connectivity index (χ0n) is 15.8. The van der Waals surface area contributed by atoms with E-state index in [9.17, 15) is 0 Å². The highest BCUT2D eigenvalue weighted by atomic mass is 16.5. The number of aromatic nitrogens is 6. The lowest BCUT2D eigenvalue weighted by Crippen LogP contribution is -2.13. The molecule has 0 saturated heterocycles. The Balaban J connectivity index is 1.63. The lowest BCUT2D eigenvalue weighted by Gasteiger charge is -2.14. The van der Waals surface area contributed by atoms with Crippen molar-refractivity contribution in [2.45, 2.75) is 40.2 Å². The maximum Gasteiger partial charge on any atom is 0.158 e. The maximum absolute atomic E-state index is 5.19. The molecule has 4 aromatic rings. The number of nitrogens with zero attached hydrogens (tertiary/aromatic N) is 6. The number of nitrogens with one attached hydrogen (secondary N) is 1. The molecule has 0 aliphatic carbocycles. The molecule has 0 atom stereocenters. The summed E-state index contributed by atoms with van der Waals surface area (Å²) in [6, 6.07) is 3.83. The molecule has 0 aliphatic heterocycles. The molecular weight excluding hydrogens is 342 g/mol. The standard InChI is InChI=1S/C19H23N7O/c1-4-15-14(3)22-18-11-16(17-10-13(2)27-24-17)23-26(18)19(15)21-6-5-8-25-9-7-20-12-25/h7,9-12,21H,4-6,8H2,1-3H3. The highest BCUT2D eigenvalue weighted by Gasteiger charge is 2.16. The lowest BCUT2D eigenvalue weighted by atomic mass is 10.1. The molecule has 4 rings (SSSR count). The summed E-state index contributed by atoms with van der Waals surface area (Å²) in [5, 5.41) is 12.4. The fourth-order valence-electron chi connectivity index (χ4n) is 3.26. The largest absolute Gasteiger partial charge is 0.370 e. The average Bonchev–Trinajstić information content (AvgIpc) is 3.38. The highest BCUT2D eigenvalue weighted by Crippen LogP contribution is 2.25. The first kappa shape index (κ1) is 17.3. The number of aryl methyl sites for hydroxylation is 3. The van der Waals surface area contributed by atoms with Gasteiger partial charge in [0.25, 0.3) is 0 Å². The third-order valence-corrected chi connectivity index (χ3v) is 4.60. The van der Waals surface area contributed by atoms with Crippen LogP contribution < -0.4 is 5.32 Å². The van der Waals surface area contributed by atoms with Crippen molar-refractivity contribution in [3.63, 3.8) is 0 Å². The summed E-state index contributed by atoms with van der Waals surface area (Å²) in [4.78, 5) is 8.80. The van der Waals surface area contributed by atoms with E-state index in [0.717, 1.165) is 60.2 Å². The van der Waals surface area contributed by atoms with E-state index in [-0.39, 0.29) is 0 Å². The number of rotatable bonds is 7. The maximum atomic E-state index is 5.19. The van der Waals surface area contributed by atoms with Gasteiger partial charge in [0.2, 0.25) is 0 Å². The van der Waals surface area contributed by atoms with Crippen LogP contribution in [0.2, 0.25) is 0 Å². The van der Waals surface area contributed by atoms with Crippen LogP contribution in [0.4, 0.5) is 5.82 Å². The molecule has 0 unspecified atom stereocenters. The molecule has 27 heavy (non-hydrogen) atoms. The fraction of sp³-hybridized carbons (Fsp3) is 0.368. The molecule has 0 spiro atoms. The summed E-state index contributed by atoms with van der Waals surface area (Å²) in [6.07, 6.45) is 7.49. The smallest absolute Gasteiger partial charge is 0.158 e. The molecule has 0 radical (unpaired) electrons. The molecule has 4 aromatic heterocycles. The minimum Gasteiger partial charge on any atom is -0.370 e. The summed E-state index contributed by atoms with van der Waals surface area (Å²) >= 11 is 0. The van der Waals surface area contributed by atoms with Crippen LogP contribution >= 0.6 is 0 Å². The third-order valence-electron chi connectivity index (χ3n) is 4.60. The minimum atomic E-state index is 0.722. The van der Waals surface area contributed by atoms with Crippen molar-refractivity contribution in [3.8, 4) is 11.4 Å². The van der Waals surface area contributed by atoms with Gasteiger partial charge in [-0.15, -0.1) is 0 Å². The molecule has 0 aromatic carbocycles. The van der Waals surface area contributed by atoms with Crippen LogP contribution in [0.3, 0.4) is 0 Å². The molecule has 0 amide bonds. The first-order valence-electron chi connectivity index (χ1n) is 9.18. The van der Waals surface area contributed by atoms with Crippen molar-refractivity contribution >= 4 is 11.5 Å². The number of anilines is 1. The topological polar surface area (TPSA) is 86.1 Å². The SMILES string of the molecule is CCc1c(C)nc2cc(-c3cc(C)on3)nn2c1NCCCn1ccnc1. The van der Waals surface area contributed by atoms with E-state index in [0.29, 0.717) is 0 Å². The van der Waals surface area contributed by atoms with Crippen LogP contribution in [-0.4, -0.2) is 35.9 Å². The molecule has 1 N–H and O–H groups in total. The summed E-state index contributed by atoms with van der Waals surface area (Å²) in [6.45, 7) is 7.81. The summed E-state index contributed by atoms with van der Waals surface area (Å²) in [5.74, 6) is 1.76. The molecule has 140 valence electrons. The molecule has 0 fully saturated rings. The van der Waals surface area contributed by atoms with Gasteiger partial charge in [0.15, 0.2) is 5.65 Å². The van der Waals surface area contributed by atoms with Gasteiger partial charge in [0.05, 0.1) is 6.33 Å². The second kappa shape index (κ2) is 7.22. The zero-order valence-corrected chi connectivity index (χ0v) is 15.8. The van der Waals surface area contributed by atoms with Gasteiger partial charge in [0.1, 0.15) is 23.0 Å². The van der Waals surface area contributed by atoms with Gasteiger partial charge in [-0.2, -0.15) is 9.61 Å². The van der Waals surface area contributed by atoms with Gasteiger partial charge in [0, 0.05) is 48.9 Å². The van der Waals surface area contributed by atoms with Crippen LogP contribution in [0.5, 0.6) is 0 Å². The van der Waals surface area contributed by atoms with E-state index in [4.69, 9.17) is 14.6 Å². The van der Waals surface area contributed by atoms with Crippen LogP contribution in [-0.2, 0) is 13.0 Å².